The molecule has 0 amide bonds. The second kappa shape index (κ2) is 4.72. The fourth-order valence-corrected chi connectivity index (χ4v) is 2.05. The highest BCUT2D eigenvalue weighted by Crippen LogP contribution is 2.20. The van der Waals surface area contributed by atoms with Crippen LogP contribution >= 0.6 is 0 Å². The highest BCUT2D eigenvalue weighted by Gasteiger charge is 2.08. The molecule has 90 valence electrons. The molecule has 0 spiro atoms. The summed E-state index contributed by atoms with van der Waals surface area (Å²) < 4.78 is 2.14. The van der Waals surface area contributed by atoms with Gasteiger partial charge in [-0.05, 0) is 45.4 Å². The third-order valence-corrected chi connectivity index (χ3v) is 3.16. The van der Waals surface area contributed by atoms with E-state index in [1.807, 2.05) is 13.3 Å². The molecule has 0 radical (unpaired) electrons. The summed E-state index contributed by atoms with van der Waals surface area (Å²) in [6.45, 7) is 6.90. The summed E-state index contributed by atoms with van der Waals surface area (Å²) in [7, 11) is 0. The van der Waals surface area contributed by atoms with Gasteiger partial charge in [0, 0.05) is 5.69 Å². The SMILES string of the molecule is Cc1ccc(-n2cnc(C)c2C)c(CCN)c1. The first-order valence-corrected chi connectivity index (χ1v) is 5.94. The smallest absolute Gasteiger partial charge is 0.0997 e. The van der Waals surface area contributed by atoms with Crippen LogP contribution in [0, 0.1) is 20.8 Å². The first kappa shape index (κ1) is 11.9. The van der Waals surface area contributed by atoms with Gasteiger partial charge in [0.25, 0.3) is 0 Å². The molecule has 0 unspecified atom stereocenters. The quantitative estimate of drug-likeness (QED) is 0.877. The second-order valence-electron chi connectivity index (χ2n) is 4.46. The zero-order valence-electron chi connectivity index (χ0n) is 10.7. The molecule has 0 saturated carbocycles. The van der Waals surface area contributed by atoms with Crippen molar-refractivity contribution in [3.05, 3.63) is 47.0 Å². The van der Waals surface area contributed by atoms with Crippen molar-refractivity contribution < 1.29 is 0 Å². The highest BCUT2D eigenvalue weighted by molar-refractivity contribution is 5.45. The zero-order chi connectivity index (χ0) is 12.4. The summed E-state index contributed by atoms with van der Waals surface area (Å²) in [4.78, 5) is 4.35. The Morgan fingerprint density at radius 3 is 2.59 bits per heavy atom. The Morgan fingerprint density at radius 1 is 1.24 bits per heavy atom. The van der Waals surface area contributed by atoms with Gasteiger partial charge < -0.3 is 10.3 Å². The standard InChI is InChI=1S/C14H19N3/c1-10-4-5-14(13(8-10)6-7-15)17-9-16-11(2)12(17)3/h4-5,8-9H,6-7,15H2,1-3H3. The van der Waals surface area contributed by atoms with E-state index in [2.05, 4.69) is 41.6 Å². The average molecular weight is 229 g/mol. The maximum absolute atomic E-state index is 5.68. The molecule has 1 aromatic carbocycles. The van der Waals surface area contributed by atoms with E-state index in [1.165, 1.54) is 22.5 Å². The van der Waals surface area contributed by atoms with Crippen molar-refractivity contribution in [1.82, 2.24) is 9.55 Å². The number of aryl methyl sites for hydroxylation is 2. The van der Waals surface area contributed by atoms with Crippen LogP contribution in [0.1, 0.15) is 22.5 Å². The predicted molar refractivity (Wildman–Crippen MR) is 70.5 cm³/mol. The minimum absolute atomic E-state index is 0.670. The summed E-state index contributed by atoms with van der Waals surface area (Å²) >= 11 is 0. The molecule has 0 aliphatic carbocycles. The normalized spacial score (nSPS) is 10.8. The van der Waals surface area contributed by atoms with Crippen LogP contribution in [0.5, 0.6) is 0 Å². The Balaban J connectivity index is 2.54. The van der Waals surface area contributed by atoms with Crippen molar-refractivity contribution in [3.8, 4) is 5.69 Å². The van der Waals surface area contributed by atoms with Crippen LogP contribution in [0.2, 0.25) is 0 Å². The summed E-state index contributed by atoms with van der Waals surface area (Å²) in [5, 5.41) is 0. The van der Waals surface area contributed by atoms with Crippen LogP contribution in [0.3, 0.4) is 0 Å². The lowest BCUT2D eigenvalue weighted by molar-refractivity contribution is 0.917. The first-order valence-electron chi connectivity index (χ1n) is 5.94. The van der Waals surface area contributed by atoms with E-state index in [-0.39, 0.29) is 0 Å². The number of hydrogen-bond acceptors (Lipinski definition) is 2. The van der Waals surface area contributed by atoms with E-state index >= 15 is 0 Å². The number of imidazole rings is 1. The van der Waals surface area contributed by atoms with Gasteiger partial charge in [-0.25, -0.2) is 4.98 Å². The summed E-state index contributed by atoms with van der Waals surface area (Å²) in [5.74, 6) is 0. The number of hydrogen-bond donors (Lipinski definition) is 1. The maximum Gasteiger partial charge on any atom is 0.0997 e. The molecule has 0 fully saturated rings. The Bertz CT molecular complexity index is 526. The van der Waals surface area contributed by atoms with Crippen LogP contribution in [-0.4, -0.2) is 16.1 Å². The topological polar surface area (TPSA) is 43.8 Å². The largest absolute Gasteiger partial charge is 0.330 e. The van der Waals surface area contributed by atoms with Crippen molar-refractivity contribution >= 4 is 0 Å². The Labute approximate surface area is 102 Å². The van der Waals surface area contributed by atoms with Crippen LogP contribution in [-0.2, 0) is 6.42 Å². The molecule has 2 N–H and O–H groups in total. The van der Waals surface area contributed by atoms with Crippen molar-refractivity contribution in [2.24, 2.45) is 5.73 Å². The molecule has 0 aliphatic heterocycles. The molecule has 0 bridgehead atoms. The van der Waals surface area contributed by atoms with Gasteiger partial charge in [0.15, 0.2) is 0 Å². The summed E-state index contributed by atoms with van der Waals surface area (Å²) in [5.41, 5.74) is 11.7. The van der Waals surface area contributed by atoms with Crippen LogP contribution in [0.4, 0.5) is 0 Å². The van der Waals surface area contributed by atoms with Gasteiger partial charge in [-0.15, -0.1) is 0 Å². The van der Waals surface area contributed by atoms with E-state index in [1.54, 1.807) is 0 Å². The minimum atomic E-state index is 0.670. The predicted octanol–water partition coefficient (Wildman–Crippen LogP) is 2.30. The van der Waals surface area contributed by atoms with Crippen molar-refractivity contribution in [2.75, 3.05) is 6.54 Å². The molecular weight excluding hydrogens is 210 g/mol. The fourth-order valence-electron chi connectivity index (χ4n) is 2.05. The van der Waals surface area contributed by atoms with Gasteiger partial charge in [0.05, 0.1) is 17.7 Å². The van der Waals surface area contributed by atoms with Gasteiger partial charge in [-0.1, -0.05) is 17.7 Å². The van der Waals surface area contributed by atoms with Gasteiger partial charge in [0.1, 0.15) is 0 Å². The fraction of sp³-hybridized carbons (Fsp3) is 0.357. The molecule has 0 atom stereocenters. The Morgan fingerprint density at radius 2 is 2.00 bits per heavy atom. The second-order valence-corrected chi connectivity index (χ2v) is 4.46. The molecule has 1 heterocycles. The van der Waals surface area contributed by atoms with Gasteiger partial charge in [-0.2, -0.15) is 0 Å². The lowest BCUT2D eigenvalue weighted by atomic mass is 10.1. The maximum atomic E-state index is 5.68. The molecule has 0 saturated heterocycles. The Kier molecular flexibility index (Phi) is 3.29. The third-order valence-electron chi connectivity index (χ3n) is 3.16. The average Bonchev–Trinajstić information content (AvgIpc) is 2.61. The van der Waals surface area contributed by atoms with E-state index in [0.29, 0.717) is 6.54 Å². The molecular formula is C14H19N3. The lowest BCUT2D eigenvalue weighted by Gasteiger charge is -2.12. The van der Waals surface area contributed by atoms with Gasteiger partial charge in [-0.3, -0.25) is 0 Å². The minimum Gasteiger partial charge on any atom is -0.330 e. The zero-order valence-corrected chi connectivity index (χ0v) is 10.7. The van der Waals surface area contributed by atoms with E-state index in [0.717, 1.165) is 12.1 Å². The van der Waals surface area contributed by atoms with E-state index in [4.69, 9.17) is 5.73 Å². The van der Waals surface area contributed by atoms with Gasteiger partial charge >= 0.3 is 0 Å². The number of aromatic nitrogens is 2. The monoisotopic (exact) mass is 229 g/mol. The first-order chi connectivity index (χ1) is 8.13. The summed E-state index contributed by atoms with van der Waals surface area (Å²) in [6, 6.07) is 6.48. The van der Waals surface area contributed by atoms with Crippen molar-refractivity contribution in [3.63, 3.8) is 0 Å². The lowest BCUT2D eigenvalue weighted by Crippen LogP contribution is -2.07. The van der Waals surface area contributed by atoms with Crippen molar-refractivity contribution in [2.45, 2.75) is 27.2 Å². The highest BCUT2D eigenvalue weighted by atomic mass is 15.1. The Hall–Kier alpha value is -1.61. The molecule has 0 aliphatic rings. The van der Waals surface area contributed by atoms with Crippen LogP contribution in [0.25, 0.3) is 5.69 Å². The number of rotatable bonds is 3. The molecule has 3 heteroatoms. The number of benzene rings is 1. The van der Waals surface area contributed by atoms with Crippen LogP contribution in [0.15, 0.2) is 24.5 Å². The van der Waals surface area contributed by atoms with E-state index in [9.17, 15) is 0 Å². The third kappa shape index (κ3) is 2.24. The molecule has 1 aromatic heterocycles. The number of nitrogens with zero attached hydrogens (tertiary/aromatic N) is 2. The van der Waals surface area contributed by atoms with Crippen LogP contribution < -0.4 is 5.73 Å². The molecule has 3 nitrogen and oxygen atoms in total. The molecule has 2 aromatic rings. The van der Waals surface area contributed by atoms with Gasteiger partial charge in [0.2, 0.25) is 0 Å². The summed E-state index contributed by atoms with van der Waals surface area (Å²) in [6.07, 6.45) is 2.78. The number of nitrogens with two attached hydrogens (primary N) is 1. The van der Waals surface area contributed by atoms with E-state index < -0.39 is 0 Å². The van der Waals surface area contributed by atoms with Crippen molar-refractivity contribution in [1.29, 1.82) is 0 Å². The molecule has 2 rings (SSSR count). The molecule has 17 heavy (non-hydrogen) atoms.